The Hall–Kier alpha value is -1.92. The zero-order valence-electron chi connectivity index (χ0n) is 16.5. The molecule has 0 bridgehead atoms. The van der Waals surface area contributed by atoms with Crippen molar-refractivity contribution in [1.29, 1.82) is 0 Å². The Morgan fingerprint density at radius 1 is 1.11 bits per heavy atom. The fourth-order valence-electron chi connectivity index (χ4n) is 2.55. The van der Waals surface area contributed by atoms with E-state index in [4.69, 9.17) is 4.74 Å². The molecular weight excluding hydrogens is 356 g/mol. The molecule has 0 radical (unpaired) electrons. The monoisotopic (exact) mass is 388 g/mol. The molecule has 0 atom stereocenters. The highest BCUT2D eigenvalue weighted by molar-refractivity contribution is 7.11. The summed E-state index contributed by atoms with van der Waals surface area (Å²) in [6, 6.07) is 10.5. The van der Waals surface area contributed by atoms with Gasteiger partial charge in [0.15, 0.2) is 5.96 Å². The van der Waals surface area contributed by atoms with Crippen LogP contribution in [0, 0.1) is 0 Å². The predicted octanol–water partition coefficient (Wildman–Crippen LogP) is 3.80. The van der Waals surface area contributed by atoms with Crippen molar-refractivity contribution in [2.24, 2.45) is 4.99 Å². The van der Waals surface area contributed by atoms with Crippen LogP contribution in [0.4, 0.5) is 0 Å². The Labute approximate surface area is 167 Å². The molecule has 0 saturated heterocycles. The third kappa shape index (κ3) is 9.02. The van der Waals surface area contributed by atoms with Crippen LogP contribution < -0.4 is 10.6 Å². The largest absolute Gasteiger partial charge is 0.381 e. The van der Waals surface area contributed by atoms with Crippen LogP contribution in [0.25, 0.3) is 0 Å². The maximum atomic E-state index is 5.73. The molecule has 0 aliphatic rings. The molecule has 2 aromatic rings. The van der Waals surface area contributed by atoms with Crippen LogP contribution in [-0.2, 0) is 24.1 Å². The zero-order chi connectivity index (χ0) is 19.2. The molecule has 0 fully saturated rings. The number of unbranched alkanes of at least 4 members (excludes halogenated alkanes) is 1. The van der Waals surface area contributed by atoms with Gasteiger partial charge in [-0.05, 0) is 38.2 Å². The van der Waals surface area contributed by atoms with Crippen LogP contribution in [0.5, 0.6) is 0 Å². The van der Waals surface area contributed by atoms with Crippen molar-refractivity contribution in [3.05, 3.63) is 52.0 Å². The van der Waals surface area contributed by atoms with Crippen LogP contribution in [0.2, 0.25) is 0 Å². The molecule has 5 nitrogen and oxygen atoms in total. The number of aliphatic imine (C=N–C) groups is 1. The van der Waals surface area contributed by atoms with E-state index in [1.54, 1.807) is 11.3 Å². The van der Waals surface area contributed by atoms with Gasteiger partial charge >= 0.3 is 0 Å². The lowest BCUT2D eigenvalue weighted by Gasteiger charge is -2.11. The minimum absolute atomic E-state index is 0.628. The lowest BCUT2D eigenvalue weighted by molar-refractivity contribution is 0.133. The molecule has 148 valence electrons. The van der Waals surface area contributed by atoms with E-state index < -0.39 is 0 Å². The highest BCUT2D eigenvalue weighted by Gasteiger charge is 2.01. The van der Waals surface area contributed by atoms with Crippen LogP contribution >= 0.6 is 11.3 Å². The number of thiazole rings is 1. The highest BCUT2D eigenvalue weighted by Crippen LogP contribution is 2.13. The van der Waals surface area contributed by atoms with Gasteiger partial charge < -0.3 is 15.4 Å². The van der Waals surface area contributed by atoms with E-state index in [-0.39, 0.29) is 0 Å². The van der Waals surface area contributed by atoms with Crippen LogP contribution in [0.3, 0.4) is 0 Å². The number of nitrogens with one attached hydrogen (secondary N) is 2. The van der Waals surface area contributed by atoms with Gasteiger partial charge in [-0.3, -0.25) is 0 Å². The van der Waals surface area contributed by atoms with Gasteiger partial charge in [-0.1, -0.05) is 37.3 Å². The van der Waals surface area contributed by atoms with Crippen molar-refractivity contribution in [2.75, 3.05) is 26.3 Å². The first kappa shape index (κ1) is 21.4. The Bertz CT molecular complexity index is 657. The van der Waals surface area contributed by atoms with Gasteiger partial charge in [0.1, 0.15) is 5.01 Å². The number of benzene rings is 1. The van der Waals surface area contributed by atoms with E-state index in [2.05, 4.69) is 58.7 Å². The number of aromatic nitrogens is 1. The maximum absolute atomic E-state index is 5.73. The molecule has 27 heavy (non-hydrogen) atoms. The van der Waals surface area contributed by atoms with Gasteiger partial charge in [0.05, 0.1) is 13.2 Å². The predicted molar refractivity (Wildman–Crippen MR) is 115 cm³/mol. The number of ether oxygens (including phenoxy) is 1. The second-order valence-electron chi connectivity index (χ2n) is 6.25. The number of guanidine groups is 1. The van der Waals surface area contributed by atoms with Crippen molar-refractivity contribution in [3.63, 3.8) is 0 Å². The standard InChI is InChI=1S/C21H32N4OS/c1-3-19-16-24-20(27-19)17-25-21(22-4-2)23-13-8-9-14-26-15-12-18-10-6-5-7-11-18/h5-7,10-11,16H,3-4,8-9,12-15,17H2,1-2H3,(H2,22,23,25). The van der Waals surface area contributed by atoms with E-state index in [1.165, 1.54) is 10.4 Å². The fourth-order valence-corrected chi connectivity index (χ4v) is 3.33. The summed E-state index contributed by atoms with van der Waals surface area (Å²) in [5, 5.41) is 7.74. The molecule has 1 heterocycles. The Morgan fingerprint density at radius 2 is 1.96 bits per heavy atom. The number of hydrogen-bond acceptors (Lipinski definition) is 4. The van der Waals surface area contributed by atoms with Crippen molar-refractivity contribution in [1.82, 2.24) is 15.6 Å². The summed E-state index contributed by atoms with van der Waals surface area (Å²) < 4.78 is 5.73. The normalized spacial score (nSPS) is 11.6. The van der Waals surface area contributed by atoms with E-state index in [9.17, 15) is 0 Å². The van der Waals surface area contributed by atoms with Crippen LogP contribution in [0.15, 0.2) is 41.5 Å². The molecule has 0 saturated carbocycles. The fraction of sp³-hybridized carbons (Fsp3) is 0.524. The van der Waals surface area contributed by atoms with Gasteiger partial charge in [-0.25, -0.2) is 9.98 Å². The topological polar surface area (TPSA) is 58.5 Å². The molecule has 0 amide bonds. The number of hydrogen-bond donors (Lipinski definition) is 2. The summed E-state index contributed by atoms with van der Waals surface area (Å²) in [7, 11) is 0. The first-order valence-corrected chi connectivity index (χ1v) is 10.7. The lowest BCUT2D eigenvalue weighted by Crippen LogP contribution is -2.37. The molecule has 0 aliphatic heterocycles. The second kappa shape index (κ2) is 13.3. The molecule has 0 unspecified atom stereocenters. The molecule has 2 rings (SSSR count). The average molecular weight is 389 g/mol. The van der Waals surface area contributed by atoms with E-state index >= 15 is 0 Å². The van der Waals surface area contributed by atoms with Crippen molar-refractivity contribution < 1.29 is 4.74 Å². The maximum Gasteiger partial charge on any atom is 0.191 e. The SMILES string of the molecule is CCNC(=NCc1ncc(CC)s1)NCCCCOCCc1ccccc1. The summed E-state index contributed by atoms with van der Waals surface area (Å²) in [4.78, 5) is 10.4. The minimum atomic E-state index is 0.628. The Morgan fingerprint density at radius 3 is 2.70 bits per heavy atom. The van der Waals surface area contributed by atoms with E-state index in [1.807, 2.05) is 12.3 Å². The van der Waals surface area contributed by atoms with Crippen LogP contribution in [-0.4, -0.2) is 37.2 Å². The molecule has 0 aliphatic carbocycles. The van der Waals surface area contributed by atoms with Crippen LogP contribution in [0.1, 0.15) is 42.1 Å². The number of aryl methyl sites for hydroxylation is 1. The summed E-state index contributed by atoms with van der Waals surface area (Å²) in [6.07, 6.45) is 6.08. The molecule has 2 N–H and O–H groups in total. The van der Waals surface area contributed by atoms with Gasteiger partial charge in [0.25, 0.3) is 0 Å². The summed E-state index contributed by atoms with van der Waals surface area (Å²) in [5.74, 6) is 0.857. The zero-order valence-corrected chi connectivity index (χ0v) is 17.4. The highest BCUT2D eigenvalue weighted by atomic mass is 32.1. The van der Waals surface area contributed by atoms with Crippen molar-refractivity contribution in [3.8, 4) is 0 Å². The van der Waals surface area contributed by atoms with E-state index in [0.29, 0.717) is 6.54 Å². The number of nitrogens with zero attached hydrogens (tertiary/aromatic N) is 2. The smallest absolute Gasteiger partial charge is 0.191 e. The van der Waals surface area contributed by atoms with Crippen molar-refractivity contribution in [2.45, 2.75) is 46.1 Å². The molecule has 6 heteroatoms. The summed E-state index contributed by atoms with van der Waals surface area (Å²) in [6.45, 7) is 8.20. The van der Waals surface area contributed by atoms with Gasteiger partial charge in [-0.2, -0.15) is 0 Å². The first-order valence-electron chi connectivity index (χ1n) is 9.89. The lowest BCUT2D eigenvalue weighted by atomic mass is 10.2. The summed E-state index contributed by atoms with van der Waals surface area (Å²) >= 11 is 1.74. The van der Waals surface area contributed by atoms with Gasteiger partial charge in [0, 0.05) is 30.8 Å². The molecule has 0 spiro atoms. The van der Waals surface area contributed by atoms with Gasteiger partial charge in [-0.15, -0.1) is 11.3 Å². The van der Waals surface area contributed by atoms with Gasteiger partial charge in [0.2, 0.25) is 0 Å². The van der Waals surface area contributed by atoms with Crippen molar-refractivity contribution >= 4 is 17.3 Å². The Balaban J connectivity index is 1.56. The number of rotatable bonds is 12. The molecular formula is C21H32N4OS. The summed E-state index contributed by atoms with van der Waals surface area (Å²) in [5.41, 5.74) is 1.33. The second-order valence-corrected chi connectivity index (χ2v) is 7.45. The third-order valence-corrected chi connectivity index (χ3v) is 5.18. The first-order chi connectivity index (χ1) is 13.3. The quantitative estimate of drug-likeness (QED) is 0.330. The molecule has 1 aromatic carbocycles. The minimum Gasteiger partial charge on any atom is -0.381 e. The Kier molecular flexibility index (Phi) is 10.5. The average Bonchev–Trinajstić information content (AvgIpc) is 3.17. The third-order valence-electron chi connectivity index (χ3n) is 4.05. The van der Waals surface area contributed by atoms with E-state index in [0.717, 1.165) is 63.0 Å². The molecule has 1 aromatic heterocycles.